The molecule has 78 valence electrons. The smallest absolute Gasteiger partial charge is 0.230 e. The Morgan fingerprint density at radius 1 is 1.40 bits per heavy atom. The first kappa shape index (κ1) is 9.58. The molecule has 0 aliphatic rings. The topological polar surface area (TPSA) is 61.3 Å². The normalized spacial score (nSPS) is 10.3. The number of nitrogens with two attached hydrogens (primary N) is 1. The van der Waals surface area contributed by atoms with Crippen molar-refractivity contribution in [2.75, 3.05) is 12.8 Å². The van der Waals surface area contributed by atoms with Gasteiger partial charge in [0.25, 0.3) is 0 Å². The first-order valence-electron chi connectivity index (χ1n) is 4.58. The van der Waals surface area contributed by atoms with E-state index in [1.165, 1.54) is 0 Å². The summed E-state index contributed by atoms with van der Waals surface area (Å²) >= 11 is 0. The van der Waals surface area contributed by atoms with Crippen molar-refractivity contribution in [3.05, 3.63) is 30.0 Å². The van der Waals surface area contributed by atoms with Crippen LogP contribution in [0.4, 0.5) is 5.88 Å². The van der Waals surface area contributed by atoms with Crippen LogP contribution >= 0.6 is 0 Å². The van der Waals surface area contributed by atoms with E-state index in [2.05, 4.69) is 5.16 Å². The molecular formula is C11H12N2O2. The van der Waals surface area contributed by atoms with E-state index in [-0.39, 0.29) is 0 Å². The number of nitrogens with zero attached hydrogens (tertiary/aromatic N) is 1. The van der Waals surface area contributed by atoms with E-state index in [1.807, 2.05) is 25.1 Å². The fourth-order valence-corrected chi connectivity index (χ4v) is 1.59. The molecule has 0 spiro atoms. The third-order valence-electron chi connectivity index (χ3n) is 2.32. The Hall–Kier alpha value is -1.97. The molecule has 0 aliphatic heterocycles. The maximum Gasteiger partial charge on any atom is 0.230 e. The highest BCUT2D eigenvalue weighted by atomic mass is 16.5. The molecule has 1 heterocycles. The molecule has 0 amide bonds. The van der Waals surface area contributed by atoms with E-state index in [0.717, 1.165) is 22.4 Å². The number of aromatic nitrogens is 1. The number of nitrogen functional groups attached to an aromatic ring is 1. The highest BCUT2D eigenvalue weighted by Crippen LogP contribution is 2.35. The summed E-state index contributed by atoms with van der Waals surface area (Å²) in [5.41, 5.74) is 8.45. The summed E-state index contributed by atoms with van der Waals surface area (Å²) < 4.78 is 10.1. The van der Waals surface area contributed by atoms with Crippen molar-refractivity contribution in [1.82, 2.24) is 5.16 Å². The molecule has 2 aromatic rings. The Balaban J connectivity index is 2.66. The van der Waals surface area contributed by atoms with Gasteiger partial charge in [0.05, 0.1) is 18.9 Å². The first-order valence-corrected chi connectivity index (χ1v) is 4.58. The maximum absolute atomic E-state index is 5.68. The molecule has 0 bridgehead atoms. The van der Waals surface area contributed by atoms with Gasteiger partial charge in [-0.25, -0.2) is 0 Å². The number of methoxy groups -OCH3 is 1. The molecule has 0 radical (unpaired) electrons. The predicted molar refractivity (Wildman–Crippen MR) is 57.6 cm³/mol. The standard InChI is InChI=1S/C11H12N2O2/c1-7-4-3-5-9(14-2)10(7)8-6-13-15-11(8)12/h3-6H,12H2,1-2H3. The van der Waals surface area contributed by atoms with Crippen molar-refractivity contribution in [3.8, 4) is 16.9 Å². The third kappa shape index (κ3) is 1.54. The summed E-state index contributed by atoms with van der Waals surface area (Å²) in [6, 6.07) is 5.81. The summed E-state index contributed by atoms with van der Waals surface area (Å²) in [4.78, 5) is 0. The van der Waals surface area contributed by atoms with Crippen LogP contribution < -0.4 is 10.5 Å². The predicted octanol–water partition coefficient (Wildman–Crippen LogP) is 2.24. The number of hydrogen-bond acceptors (Lipinski definition) is 4. The van der Waals surface area contributed by atoms with Gasteiger partial charge in [-0.3, -0.25) is 0 Å². The molecule has 2 rings (SSSR count). The fraction of sp³-hybridized carbons (Fsp3) is 0.182. The first-order chi connectivity index (χ1) is 7.24. The fourth-order valence-electron chi connectivity index (χ4n) is 1.59. The van der Waals surface area contributed by atoms with Crippen LogP contribution in [0, 0.1) is 6.92 Å². The summed E-state index contributed by atoms with van der Waals surface area (Å²) in [5, 5.41) is 3.66. The quantitative estimate of drug-likeness (QED) is 0.814. The molecule has 15 heavy (non-hydrogen) atoms. The van der Waals surface area contributed by atoms with Crippen molar-refractivity contribution in [3.63, 3.8) is 0 Å². The lowest BCUT2D eigenvalue weighted by molar-refractivity contribution is 0.416. The zero-order chi connectivity index (χ0) is 10.8. The minimum Gasteiger partial charge on any atom is -0.496 e. The summed E-state index contributed by atoms with van der Waals surface area (Å²) in [5.74, 6) is 1.08. The molecule has 0 unspecified atom stereocenters. The monoisotopic (exact) mass is 204 g/mol. The van der Waals surface area contributed by atoms with Crippen molar-refractivity contribution in [2.45, 2.75) is 6.92 Å². The van der Waals surface area contributed by atoms with Crippen molar-refractivity contribution in [2.24, 2.45) is 0 Å². The van der Waals surface area contributed by atoms with Crippen LogP contribution in [-0.2, 0) is 0 Å². The average molecular weight is 204 g/mol. The minimum absolute atomic E-state index is 0.308. The molecular weight excluding hydrogens is 192 g/mol. The summed E-state index contributed by atoms with van der Waals surface area (Å²) in [6.45, 7) is 1.99. The van der Waals surface area contributed by atoms with E-state index in [0.29, 0.717) is 5.88 Å². The molecule has 0 saturated carbocycles. The van der Waals surface area contributed by atoms with Crippen LogP contribution in [0.3, 0.4) is 0 Å². The molecule has 0 aliphatic carbocycles. The van der Waals surface area contributed by atoms with Crippen molar-refractivity contribution >= 4 is 5.88 Å². The minimum atomic E-state index is 0.308. The molecule has 0 fully saturated rings. The van der Waals surface area contributed by atoms with E-state index >= 15 is 0 Å². The van der Waals surface area contributed by atoms with Gasteiger partial charge in [0.1, 0.15) is 5.75 Å². The second kappa shape index (κ2) is 3.65. The molecule has 4 heteroatoms. The lowest BCUT2D eigenvalue weighted by Crippen LogP contribution is -1.92. The van der Waals surface area contributed by atoms with Gasteiger partial charge < -0.3 is 15.0 Å². The Morgan fingerprint density at radius 3 is 2.80 bits per heavy atom. The second-order valence-electron chi connectivity index (χ2n) is 3.26. The van der Waals surface area contributed by atoms with Crippen LogP contribution in [0.2, 0.25) is 0 Å². The van der Waals surface area contributed by atoms with Gasteiger partial charge in [0.2, 0.25) is 5.88 Å². The highest BCUT2D eigenvalue weighted by molar-refractivity contribution is 5.79. The molecule has 0 atom stereocenters. The Morgan fingerprint density at radius 2 is 2.20 bits per heavy atom. The Labute approximate surface area is 87.6 Å². The molecule has 1 aromatic heterocycles. The molecule has 1 aromatic carbocycles. The lowest BCUT2D eigenvalue weighted by Gasteiger charge is -2.09. The Kier molecular flexibility index (Phi) is 2.33. The van der Waals surface area contributed by atoms with Gasteiger partial charge in [-0.15, -0.1) is 0 Å². The van der Waals surface area contributed by atoms with Gasteiger partial charge in [-0.05, 0) is 18.6 Å². The van der Waals surface area contributed by atoms with Crippen LogP contribution in [-0.4, -0.2) is 12.3 Å². The van der Waals surface area contributed by atoms with Crippen LogP contribution in [0.1, 0.15) is 5.56 Å². The van der Waals surface area contributed by atoms with Gasteiger partial charge in [0.15, 0.2) is 0 Å². The number of benzene rings is 1. The van der Waals surface area contributed by atoms with Crippen LogP contribution in [0.15, 0.2) is 28.9 Å². The largest absolute Gasteiger partial charge is 0.496 e. The highest BCUT2D eigenvalue weighted by Gasteiger charge is 2.14. The van der Waals surface area contributed by atoms with Crippen molar-refractivity contribution in [1.29, 1.82) is 0 Å². The number of anilines is 1. The Bertz CT molecular complexity index is 477. The van der Waals surface area contributed by atoms with E-state index in [9.17, 15) is 0 Å². The van der Waals surface area contributed by atoms with Gasteiger partial charge >= 0.3 is 0 Å². The molecule has 2 N–H and O–H groups in total. The van der Waals surface area contributed by atoms with Gasteiger partial charge in [-0.1, -0.05) is 17.3 Å². The second-order valence-corrected chi connectivity index (χ2v) is 3.26. The number of aryl methyl sites for hydroxylation is 1. The van der Waals surface area contributed by atoms with Gasteiger partial charge in [-0.2, -0.15) is 0 Å². The average Bonchev–Trinajstić information content (AvgIpc) is 2.64. The van der Waals surface area contributed by atoms with Crippen LogP contribution in [0.5, 0.6) is 5.75 Å². The van der Waals surface area contributed by atoms with Crippen LogP contribution in [0.25, 0.3) is 11.1 Å². The summed E-state index contributed by atoms with van der Waals surface area (Å²) in [7, 11) is 1.63. The van der Waals surface area contributed by atoms with Gasteiger partial charge in [0, 0.05) is 5.56 Å². The number of rotatable bonds is 2. The summed E-state index contributed by atoms with van der Waals surface area (Å²) in [6.07, 6.45) is 1.60. The van der Waals surface area contributed by atoms with E-state index < -0.39 is 0 Å². The molecule has 4 nitrogen and oxygen atoms in total. The molecule has 0 saturated heterocycles. The van der Waals surface area contributed by atoms with Crippen molar-refractivity contribution < 1.29 is 9.26 Å². The zero-order valence-corrected chi connectivity index (χ0v) is 8.65. The van der Waals surface area contributed by atoms with E-state index in [4.69, 9.17) is 15.0 Å². The number of ether oxygens (including phenoxy) is 1. The van der Waals surface area contributed by atoms with E-state index in [1.54, 1.807) is 13.3 Å². The number of hydrogen-bond donors (Lipinski definition) is 1. The lowest BCUT2D eigenvalue weighted by atomic mass is 10.0. The maximum atomic E-state index is 5.68. The SMILES string of the molecule is COc1cccc(C)c1-c1cnoc1N. The zero-order valence-electron chi connectivity index (χ0n) is 8.65. The third-order valence-corrected chi connectivity index (χ3v) is 2.32.